The lowest BCUT2D eigenvalue weighted by Crippen LogP contribution is -2.20. The monoisotopic (exact) mass is 205 g/mol. The summed E-state index contributed by atoms with van der Waals surface area (Å²) in [7, 11) is 0. The zero-order chi connectivity index (χ0) is 10.7. The molecule has 0 spiro atoms. The molecule has 3 nitrogen and oxygen atoms in total. The molecular formula is C12H19N3. The standard InChI is InChI=1S/C12H19N3/c1-2-7-15-8-6-14-12(15)10-4-3-5-11(13)9-10/h6,8-9,11H,2-5,7,13H2,1H3. The second-order valence-electron chi connectivity index (χ2n) is 4.19. The molecule has 82 valence electrons. The molecule has 1 unspecified atom stereocenters. The first-order valence-corrected chi connectivity index (χ1v) is 5.79. The maximum Gasteiger partial charge on any atom is 0.135 e. The lowest BCUT2D eigenvalue weighted by Gasteiger charge is -2.18. The van der Waals surface area contributed by atoms with E-state index in [0.29, 0.717) is 0 Å². The van der Waals surface area contributed by atoms with Crippen molar-refractivity contribution in [1.82, 2.24) is 9.55 Å². The van der Waals surface area contributed by atoms with Crippen LogP contribution in [-0.4, -0.2) is 15.6 Å². The Morgan fingerprint density at radius 1 is 1.60 bits per heavy atom. The molecule has 1 aliphatic rings. The Labute approximate surface area is 91.0 Å². The molecule has 0 saturated heterocycles. The number of hydrogen-bond acceptors (Lipinski definition) is 2. The molecule has 1 atom stereocenters. The molecule has 0 fully saturated rings. The topological polar surface area (TPSA) is 43.8 Å². The van der Waals surface area contributed by atoms with Gasteiger partial charge in [-0.05, 0) is 31.3 Å². The van der Waals surface area contributed by atoms with Crippen LogP contribution in [0.3, 0.4) is 0 Å². The normalized spacial score (nSPS) is 21.5. The molecule has 0 radical (unpaired) electrons. The second-order valence-corrected chi connectivity index (χ2v) is 4.19. The predicted octanol–water partition coefficient (Wildman–Crippen LogP) is 2.19. The predicted molar refractivity (Wildman–Crippen MR) is 62.3 cm³/mol. The summed E-state index contributed by atoms with van der Waals surface area (Å²) in [6, 6.07) is 0.223. The van der Waals surface area contributed by atoms with Crippen molar-refractivity contribution >= 4 is 5.57 Å². The Morgan fingerprint density at radius 2 is 2.47 bits per heavy atom. The largest absolute Gasteiger partial charge is 0.331 e. The Bertz CT molecular complexity index is 352. The van der Waals surface area contributed by atoms with E-state index in [-0.39, 0.29) is 6.04 Å². The highest BCUT2D eigenvalue weighted by Gasteiger charge is 2.14. The van der Waals surface area contributed by atoms with Crippen molar-refractivity contribution in [2.75, 3.05) is 0 Å². The maximum absolute atomic E-state index is 5.94. The van der Waals surface area contributed by atoms with E-state index in [2.05, 4.69) is 28.7 Å². The first kappa shape index (κ1) is 10.4. The molecule has 0 bridgehead atoms. The summed E-state index contributed by atoms with van der Waals surface area (Å²) in [6.45, 7) is 3.23. The smallest absolute Gasteiger partial charge is 0.135 e. The van der Waals surface area contributed by atoms with Gasteiger partial charge in [0.15, 0.2) is 0 Å². The van der Waals surface area contributed by atoms with E-state index in [1.165, 1.54) is 12.0 Å². The van der Waals surface area contributed by atoms with Gasteiger partial charge in [0, 0.05) is 25.0 Å². The number of aryl methyl sites for hydroxylation is 1. The summed E-state index contributed by atoms with van der Waals surface area (Å²) >= 11 is 0. The van der Waals surface area contributed by atoms with Crippen molar-refractivity contribution in [2.45, 2.75) is 45.2 Å². The summed E-state index contributed by atoms with van der Waals surface area (Å²) in [5.74, 6) is 1.12. The molecule has 2 rings (SSSR count). The summed E-state index contributed by atoms with van der Waals surface area (Å²) in [5.41, 5.74) is 7.27. The van der Waals surface area contributed by atoms with E-state index >= 15 is 0 Å². The van der Waals surface area contributed by atoms with Crippen LogP contribution in [0.4, 0.5) is 0 Å². The van der Waals surface area contributed by atoms with Crippen molar-refractivity contribution in [1.29, 1.82) is 0 Å². The van der Waals surface area contributed by atoms with Gasteiger partial charge in [-0.2, -0.15) is 0 Å². The van der Waals surface area contributed by atoms with Gasteiger partial charge < -0.3 is 10.3 Å². The van der Waals surface area contributed by atoms with Crippen molar-refractivity contribution in [2.24, 2.45) is 5.73 Å². The van der Waals surface area contributed by atoms with E-state index in [1.54, 1.807) is 0 Å². The van der Waals surface area contributed by atoms with Crippen LogP contribution in [0, 0.1) is 0 Å². The van der Waals surface area contributed by atoms with Gasteiger partial charge in [0.2, 0.25) is 0 Å². The fraction of sp³-hybridized carbons (Fsp3) is 0.583. The van der Waals surface area contributed by atoms with E-state index in [0.717, 1.165) is 31.6 Å². The average Bonchev–Trinajstić information content (AvgIpc) is 2.66. The van der Waals surface area contributed by atoms with Crippen LogP contribution in [0.1, 0.15) is 38.4 Å². The molecule has 1 heterocycles. The summed E-state index contributed by atoms with van der Waals surface area (Å²) in [5, 5.41) is 0. The van der Waals surface area contributed by atoms with Crippen LogP contribution < -0.4 is 5.73 Å². The fourth-order valence-corrected chi connectivity index (χ4v) is 2.16. The Kier molecular flexibility index (Phi) is 3.21. The molecule has 1 aliphatic carbocycles. The van der Waals surface area contributed by atoms with Crippen molar-refractivity contribution < 1.29 is 0 Å². The van der Waals surface area contributed by atoms with Crippen LogP contribution in [0.15, 0.2) is 18.5 Å². The van der Waals surface area contributed by atoms with Crippen LogP contribution >= 0.6 is 0 Å². The molecule has 2 N–H and O–H groups in total. The van der Waals surface area contributed by atoms with Gasteiger partial charge in [-0.25, -0.2) is 4.98 Å². The molecule has 0 amide bonds. The number of aromatic nitrogens is 2. The zero-order valence-corrected chi connectivity index (χ0v) is 9.32. The highest BCUT2D eigenvalue weighted by molar-refractivity contribution is 5.61. The molecule has 1 aromatic heterocycles. The van der Waals surface area contributed by atoms with Crippen molar-refractivity contribution in [3.63, 3.8) is 0 Å². The van der Waals surface area contributed by atoms with Gasteiger partial charge >= 0.3 is 0 Å². The number of nitrogens with zero attached hydrogens (tertiary/aromatic N) is 2. The SMILES string of the molecule is CCCn1ccnc1C1=CC(N)CCC1. The number of imidazole rings is 1. The third-order valence-corrected chi connectivity index (χ3v) is 2.87. The lowest BCUT2D eigenvalue weighted by molar-refractivity contribution is 0.633. The Hall–Kier alpha value is -1.09. The third kappa shape index (κ3) is 2.29. The van der Waals surface area contributed by atoms with Crippen LogP contribution in [0.25, 0.3) is 5.57 Å². The molecular weight excluding hydrogens is 186 g/mol. The first-order valence-electron chi connectivity index (χ1n) is 5.79. The third-order valence-electron chi connectivity index (χ3n) is 2.87. The van der Waals surface area contributed by atoms with E-state index in [4.69, 9.17) is 5.73 Å². The van der Waals surface area contributed by atoms with Crippen LogP contribution in [0.2, 0.25) is 0 Å². The van der Waals surface area contributed by atoms with Crippen molar-refractivity contribution in [3.05, 3.63) is 24.3 Å². The highest BCUT2D eigenvalue weighted by Crippen LogP contribution is 2.25. The number of allylic oxidation sites excluding steroid dienone is 1. The molecule has 0 aliphatic heterocycles. The molecule has 3 heteroatoms. The highest BCUT2D eigenvalue weighted by atomic mass is 15.1. The van der Waals surface area contributed by atoms with Gasteiger partial charge in [0.25, 0.3) is 0 Å². The van der Waals surface area contributed by atoms with E-state index in [9.17, 15) is 0 Å². The molecule has 15 heavy (non-hydrogen) atoms. The van der Waals surface area contributed by atoms with Gasteiger partial charge in [0.05, 0.1) is 0 Å². The number of nitrogens with two attached hydrogens (primary N) is 1. The van der Waals surface area contributed by atoms with Crippen LogP contribution in [-0.2, 0) is 6.54 Å². The summed E-state index contributed by atoms with van der Waals surface area (Å²) < 4.78 is 2.23. The Morgan fingerprint density at radius 3 is 3.20 bits per heavy atom. The van der Waals surface area contributed by atoms with Crippen LogP contribution in [0.5, 0.6) is 0 Å². The summed E-state index contributed by atoms with van der Waals surface area (Å²) in [4.78, 5) is 4.43. The minimum absolute atomic E-state index is 0.223. The van der Waals surface area contributed by atoms with Gasteiger partial charge in [0.1, 0.15) is 5.82 Å². The zero-order valence-electron chi connectivity index (χ0n) is 9.32. The number of rotatable bonds is 3. The fourth-order valence-electron chi connectivity index (χ4n) is 2.16. The van der Waals surface area contributed by atoms with E-state index in [1.807, 2.05) is 6.20 Å². The number of hydrogen-bond donors (Lipinski definition) is 1. The van der Waals surface area contributed by atoms with Gasteiger partial charge in [-0.3, -0.25) is 0 Å². The quantitative estimate of drug-likeness (QED) is 0.822. The van der Waals surface area contributed by atoms with Crippen molar-refractivity contribution in [3.8, 4) is 0 Å². The molecule has 0 aromatic carbocycles. The first-order chi connectivity index (χ1) is 7.31. The lowest BCUT2D eigenvalue weighted by atomic mass is 9.96. The molecule has 1 aromatic rings. The Balaban J connectivity index is 2.24. The minimum atomic E-state index is 0.223. The summed E-state index contributed by atoms with van der Waals surface area (Å²) in [6.07, 6.45) is 10.7. The second kappa shape index (κ2) is 4.62. The van der Waals surface area contributed by atoms with E-state index < -0.39 is 0 Å². The average molecular weight is 205 g/mol. The van der Waals surface area contributed by atoms with Gasteiger partial charge in [-0.15, -0.1) is 0 Å². The maximum atomic E-state index is 5.94. The van der Waals surface area contributed by atoms with Gasteiger partial charge in [-0.1, -0.05) is 13.0 Å². The molecule has 0 saturated carbocycles. The minimum Gasteiger partial charge on any atom is -0.331 e.